The first-order valence-electron chi connectivity index (χ1n) is 6.60. The van der Waals surface area contributed by atoms with Crippen molar-refractivity contribution in [3.05, 3.63) is 21.4 Å². The molecule has 0 aliphatic heterocycles. The van der Waals surface area contributed by atoms with Crippen LogP contribution in [0, 0.1) is 0 Å². The highest BCUT2D eigenvalue weighted by atomic mass is 32.1. The van der Waals surface area contributed by atoms with E-state index in [1.165, 1.54) is 29.7 Å². The molecular weight excluding hydrogens is 232 g/mol. The standard InChI is InChI=1S/C14H20O2S/c1-2-3-9-16-14(15)13-10-11-7-5-4-6-8-12(11)17-13/h10H,2-9H2,1H3. The second-order valence-corrected chi connectivity index (χ2v) is 5.75. The summed E-state index contributed by atoms with van der Waals surface area (Å²) in [5.41, 5.74) is 1.38. The molecule has 0 radical (unpaired) electrons. The van der Waals surface area contributed by atoms with Crippen molar-refractivity contribution < 1.29 is 9.53 Å². The number of aryl methyl sites for hydroxylation is 2. The number of unbranched alkanes of at least 4 members (excludes halogenated alkanes) is 1. The number of ether oxygens (including phenoxy) is 1. The Kier molecular flexibility index (Phi) is 4.60. The molecule has 3 heteroatoms. The number of thiophene rings is 1. The predicted octanol–water partition coefficient (Wildman–Crippen LogP) is 3.97. The number of hydrogen-bond acceptors (Lipinski definition) is 3. The Labute approximate surface area is 107 Å². The molecular formula is C14H20O2S. The van der Waals surface area contributed by atoms with Crippen LogP contribution >= 0.6 is 11.3 Å². The minimum Gasteiger partial charge on any atom is -0.462 e. The molecule has 0 saturated carbocycles. The van der Waals surface area contributed by atoms with E-state index in [0.29, 0.717) is 6.61 Å². The SMILES string of the molecule is CCCCOC(=O)c1cc2c(s1)CCCCC2. The van der Waals surface area contributed by atoms with Gasteiger partial charge in [-0.15, -0.1) is 11.3 Å². The molecule has 0 spiro atoms. The van der Waals surface area contributed by atoms with E-state index in [-0.39, 0.29) is 5.97 Å². The second-order valence-electron chi connectivity index (χ2n) is 4.61. The van der Waals surface area contributed by atoms with Crippen molar-refractivity contribution in [2.45, 2.75) is 51.9 Å². The normalized spacial score (nSPS) is 15.1. The Bertz CT molecular complexity index is 358. The van der Waals surface area contributed by atoms with E-state index in [4.69, 9.17) is 4.74 Å². The van der Waals surface area contributed by atoms with E-state index in [9.17, 15) is 4.79 Å². The van der Waals surface area contributed by atoms with Crippen molar-refractivity contribution in [3.63, 3.8) is 0 Å². The largest absolute Gasteiger partial charge is 0.462 e. The van der Waals surface area contributed by atoms with Gasteiger partial charge in [-0.2, -0.15) is 0 Å². The maximum absolute atomic E-state index is 11.8. The van der Waals surface area contributed by atoms with Crippen LogP contribution in [0.3, 0.4) is 0 Å². The molecule has 0 N–H and O–H groups in total. The van der Waals surface area contributed by atoms with Crippen molar-refractivity contribution in [2.24, 2.45) is 0 Å². The van der Waals surface area contributed by atoms with Gasteiger partial charge in [0.25, 0.3) is 0 Å². The minimum absolute atomic E-state index is 0.128. The average molecular weight is 252 g/mol. The lowest BCUT2D eigenvalue weighted by Gasteiger charge is -2.00. The molecule has 17 heavy (non-hydrogen) atoms. The van der Waals surface area contributed by atoms with Crippen molar-refractivity contribution in [1.29, 1.82) is 0 Å². The zero-order chi connectivity index (χ0) is 12.1. The minimum atomic E-state index is -0.128. The lowest BCUT2D eigenvalue weighted by Crippen LogP contribution is -2.04. The lowest BCUT2D eigenvalue weighted by atomic mass is 10.1. The molecule has 0 bridgehead atoms. The van der Waals surface area contributed by atoms with E-state index >= 15 is 0 Å². The van der Waals surface area contributed by atoms with Crippen LogP contribution in [0.4, 0.5) is 0 Å². The van der Waals surface area contributed by atoms with E-state index in [0.717, 1.165) is 30.6 Å². The first kappa shape index (κ1) is 12.6. The van der Waals surface area contributed by atoms with Crippen molar-refractivity contribution >= 4 is 17.3 Å². The molecule has 1 aliphatic carbocycles. The highest BCUT2D eigenvalue weighted by Gasteiger charge is 2.17. The summed E-state index contributed by atoms with van der Waals surface area (Å²) in [4.78, 5) is 14.0. The van der Waals surface area contributed by atoms with Gasteiger partial charge < -0.3 is 4.74 Å². The van der Waals surface area contributed by atoms with Crippen LogP contribution in [0.5, 0.6) is 0 Å². The number of hydrogen-bond donors (Lipinski definition) is 0. The highest BCUT2D eigenvalue weighted by Crippen LogP contribution is 2.29. The third-order valence-electron chi connectivity index (χ3n) is 3.18. The summed E-state index contributed by atoms with van der Waals surface area (Å²) in [7, 11) is 0. The molecule has 0 amide bonds. The van der Waals surface area contributed by atoms with Crippen molar-refractivity contribution in [2.75, 3.05) is 6.61 Å². The lowest BCUT2D eigenvalue weighted by molar-refractivity contribution is 0.0505. The van der Waals surface area contributed by atoms with Crippen LogP contribution in [0.1, 0.15) is 59.1 Å². The summed E-state index contributed by atoms with van der Waals surface area (Å²) >= 11 is 1.64. The van der Waals surface area contributed by atoms with Gasteiger partial charge >= 0.3 is 5.97 Å². The maximum atomic E-state index is 11.8. The number of carbonyl (C=O) groups is 1. The van der Waals surface area contributed by atoms with Crippen LogP contribution in [0.2, 0.25) is 0 Å². The molecule has 0 atom stereocenters. The van der Waals surface area contributed by atoms with Crippen LogP contribution in [0.15, 0.2) is 6.07 Å². The Morgan fingerprint density at radius 3 is 3.00 bits per heavy atom. The Morgan fingerprint density at radius 2 is 2.18 bits per heavy atom. The summed E-state index contributed by atoms with van der Waals surface area (Å²) in [6.07, 6.45) is 8.13. The summed E-state index contributed by atoms with van der Waals surface area (Å²) in [6.45, 7) is 2.65. The molecule has 0 fully saturated rings. The molecule has 1 aromatic heterocycles. The zero-order valence-electron chi connectivity index (χ0n) is 10.5. The van der Waals surface area contributed by atoms with Gasteiger partial charge in [-0.25, -0.2) is 4.79 Å². The van der Waals surface area contributed by atoms with E-state index in [2.05, 4.69) is 13.0 Å². The van der Waals surface area contributed by atoms with E-state index in [1.54, 1.807) is 11.3 Å². The molecule has 1 heterocycles. The van der Waals surface area contributed by atoms with Crippen molar-refractivity contribution in [3.8, 4) is 0 Å². The fraction of sp³-hybridized carbons (Fsp3) is 0.643. The fourth-order valence-corrected chi connectivity index (χ4v) is 3.30. The molecule has 0 saturated heterocycles. The van der Waals surface area contributed by atoms with Crippen LogP contribution in [-0.2, 0) is 17.6 Å². The van der Waals surface area contributed by atoms with Gasteiger partial charge in [0, 0.05) is 4.88 Å². The Hall–Kier alpha value is -0.830. The number of carbonyl (C=O) groups excluding carboxylic acids is 1. The average Bonchev–Trinajstić information content (AvgIpc) is 2.61. The molecule has 2 nitrogen and oxygen atoms in total. The third-order valence-corrected chi connectivity index (χ3v) is 4.40. The van der Waals surface area contributed by atoms with Gasteiger partial charge in [-0.3, -0.25) is 0 Å². The molecule has 2 rings (SSSR count). The predicted molar refractivity (Wildman–Crippen MR) is 70.8 cm³/mol. The fourth-order valence-electron chi connectivity index (χ4n) is 2.15. The molecule has 0 unspecified atom stereocenters. The van der Waals surface area contributed by atoms with Gasteiger partial charge in [0.05, 0.1) is 6.61 Å². The topological polar surface area (TPSA) is 26.3 Å². The summed E-state index contributed by atoms with van der Waals surface area (Å²) in [6, 6.07) is 2.06. The van der Waals surface area contributed by atoms with E-state index in [1.807, 2.05) is 0 Å². The number of fused-ring (bicyclic) bond motifs is 1. The Morgan fingerprint density at radius 1 is 1.35 bits per heavy atom. The first-order chi connectivity index (χ1) is 8.31. The number of rotatable bonds is 4. The van der Waals surface area contributed by atoms with Crippen LogP contribution in [0.25, 0.3) is 0 Å². The smallest absolute Gasteiger partial charge is 0.348 e. The first-order valence-corrected chi connectivity index (χ1v) is 7.41. The zero-order valence-corrected chi connectivity index (χ0v) is 11.3. The van der Waals surface area contributed by atoms with Gasteiger partial charge in [0.1, 0.15) is 4.88 Å². The molecule has 1 aliphatic rings. The maximum Gasteiger partial charge on any atom is 0.348 e. The van der Waals surface area contributed by atoms with Crippen molar-refractivity contribution in [1.82, 2.24) is 0 Å². The summed E-state index contributed by atoms with van der Waals surface area (Å²) < 4.78 is 5.25. The van der Waals surface area contributed by atoms with Crippen LogP contribution in [-0.4, -0.2) is 12.6 Å². The van der Waals surface area contributed by atoms with Gasteiger partial charge in [-0.1, -0.05) is 19.8 Å². The van der Waals surface area contributed by atoms with Gasteiger partial charge in [-0.05, 0) is 43.7 Å². The quantitative estimate of drug-likeness (QED) is 0.460. The third kappa shape index (κ3) is 3.32. The second kappa shape index (κ2) is 6.20. The summed E-state index contributed by atoms with van der Waals surface area (Å²) in [5.74, 6) is -0.128. The Balaban J connectivity index is 1.99. The highest BCUT2D eigenvalue weighted by molar-refractivity contribution is 7.14. The molecule has 94 valence electrons. The van der Waals surface area contributed by atoms with Gasteiger partial charge in [0.15, 0.2) is 0 Å². The molecule has 1 aromatic rings. The van der Waals surface area contributed by atoms with Gasteiger partial charge in [0.2, 0.25) is 0 Å². The number of esters is 1. The van der Waals surface area contributed by atoms with Crippen LogP contribution < -0.4 is 0 Å². The summed E-state index contributed by atoms with van der Waals surface area (Å²) in [5, 5.41) is 0. The monoisotopic (exact) mass is 252 g/mol. The van der Waals surface area contributed by atoms with E-state index < -0.39 is 0 Å². The molecule has 0 aromatic carbocycles.